The summed E-state index contributed by atoms with van der Waals surface area (Å²) < 4.78 is 16.4. The van der Waals surface area contributed by atoms with Gasteiger partial charge in [0.25, 0.3) is 0 Å². The number of amides is 3. The van der Waals surface area contributed by atoms with Crippen molar-refractivity contribution in [1.82, 2.24) is 4.90 Å². The SMILES string of the molecule is CCC/C(=C\c1cc(C)c(O)c(C)c1)CC[C@H]1OC[C@H]2C1=C(COC)C[C@H]1C(=O)N(C(=O)OC)C(=O)[C@H]12. The molecule has 8 nitrogen and oxygen atoms in total. The quantitative estimate of drug-likeness (QED) is 0.399. The lowest BCUT2D eigenvalue weighted by Crippen LogP contribution is -2.38. The van der Waals surface area contributed by atoms with Crippen LogP contribution in [0.2, 0.25) is 0 Å². The van der Waals surface area contributed by atoms with Crippen LogP contribution in [0, 0.1) is 31.6 Å². The molecular weight excluding hydrogens is 474 g/mol. The number of methoxy groups -OCH3 is 2. The Labute approximate surface area is 218 Å². The first-order chi connectivity index (χ1) is 17.7. The van der Waals surface area contributed by atoms with Crippen molar-refractivity contribution in [1.29, 1.82) is 0 Å². The lowest BCUT2D eigenvalue weighted by molar-refractivity contribution is -0.137. The highest BCUT2D eigenvalue weighted by Crippen LogP contribution is 2.50. The topological polar surface area (TPSA) is 102 Å². The average Bonchev–Trinajstić information content (AvgIpc) is 3.39. The Hall–Kier alpha value is -2.97. The molecule has 1 aromatic rings. The van der Waals surface area contributed by atoms with E-state index < -0.39 is 29.7 Å². The summed E-state index contributed by atoms with van der Waals surface area (Å²) in [4.78, 5) is 39.0. The summed E-state index contributed by atoms with van der Waals surface area (Å²) in [6.45, 7) is 6.66. The van der Waals surface area contributed by atoms with Gasteiger partial charge >= 0.3 is 6.09 Å². The number of fused-ring (bicyclic) bond motifs is 3. The van der Waals surface area contributed by atoms with Crippen LogP contribution in [-0.4, -0.2) is 61.5 Å². The minimum absolute atomic E-state index is 0.172. The fraction of sp³-hybridized carbons (Fsp3) is 0.552. The van der Waals surface area contributed by atoms with Crippen LogP contribution < -0.4 is 0 Å². The van der Waals surface area contributed by atoms with Gasteiger partial charge in [0.15, 0.2) is 0 Å². The number of hydrogen-bond acceptors (Lipinski definition) is 7. The smallest absolute Gasteiger partial charge is 0.423 e. The summed E-state index contributed by atoms with van der Waals surface area (Å²) in [6, 6.07) is 3.99. The fourth-order valence-electron chi connectivity index (χ4n) is 6.27. The Balaban J connectivity index is 1.57. The van der Waals surface area contributed by atoms with Crippen LogP contribution in [0.5, 0.6) is 5.75 Å². The zero-order valence-electron chi connectivity index (χ0n) is 22.3. The number of carbonyl (C=O) groups is 3. The van der Waals surface area contributed by atoms with E-state index in [4.69, 9.17) is 14.2 Å². The number of rotatable bonds is 8. The number of nitrogens with zero attached hydrogens (tertiary/aromatic N) is 1. The van der Waals surface area contributed by atoms with E-state index >= 15 is 0 Å². The highest BCUT2D eigenvalue weighted by molar-refractivity contribution is 6.16. The minimum Gasteiger partial charge on any atom is -0.507 e. The molecule has 200 valence electrons. The Morgan fingerprint density at radius 3 is 2.46 bits per heavy atom. The first-order valence-corrected chi connectivity index (χ1v) is 13.0. The molecule has 1 aliphatic carbocycles. The molecule has 4 atom stereocenters. The molecule has 2 saturated heterocycles. The number of aromatic hydroxyl groups is 1. The number of allylic oxidation sites excluding steroid dienone is 1. The largest absolute Gasteiger partial charge is 0.507 e. The summed E-state index contributed by atoms with van der Waals surface area (Å²) in [5, 5.41) is 10.1. The highest BCUT2D eigenvalue weighted by atomic mass is 16.5. The zero-order chi connectivity index (χ0) is 26.9. The van der Waals surface area contributed by atoms with Crippen molar-refractivity contribution in [2.45, 2.75) is 59.0 Å². The Bertz CT molecular complexity index is 1130. The number of phenolic OH excluding ortho intramolecular Hbond substituents is 1. The Morgan fingerprint density at radius 1 is 1.14 bits per heavy atom. The van der Waals surface area contributed by atoms with Crippen molar-refractivity contribution >= 4 is 24.0 Å². The number of benzene rings is 1. The summed E-state index contributed by atoms with van der Waals surface area (Å²) in [6.07, 6.45) is 5.02. The van der Waals surface area contributed by atoms with Gasteiger partial charge in [0, 0.05) is 13.0 Å². The summed E-state index contributed by atoms with van der Waals surface area (Å²) in [5.41, 5.74) is 6.13. The molecule has 0 saturated carbocycles. The first-order valence-electron chi connectivity index (χ1n) is 13.0. The van der Waals surface area contributed by atoms with Crippen molar-refractivity contribution in [2.24, 2.45) is 17.8 Å². The van der Waals surface area contributed by atoms with Gasteiger partial charge in [-0.1, -0.05) is 25.0 Å². The van der Waals surface area contributed by atoms with Crippen LogP contribution in [0.25, 0.3) is 6.08 Å². The molecule has 8 heteroatoms. The minimum atomic E-state index is -0.927. The first kappa shape index (κ1) is 27.1. The Kier molecular flexibility index (Phi) is 8.19. The standard InChI is InChI=1S/C29H37NO7/c1-6-7-18(12-19-10-16(2)26(31)17(3)11-19)8-9-23-24-20(14-35-4)13-21-25(22(24)15-37-23)28(33)30(27(21)32)29(34)36-5/h10-12,21-23,25,31H,6-9,13-15H2,1-5H3/b18-12+/t21-,22+,23-,25-/m1/s1. The molecule has 2 heterocycles. The second-order valence-corrected chi connectivity index (χ2v) is 10.3. The third-order valence-corrected chi connectivity index (χ3v) is 7.87. The predicted octanol–water partition coefficient (Wildman–Crippen LogP) is 4.70. The van der Waals surface area contributed by atoms with Gasteiger partial charge in [-0.05, 0) is 79.5 Å². The van der Waals surface area contributed by atoms with Gasteiger partial charge in [0.05, 0.1) is 38.3 Å². The van der Waals surface area contributed by atoms with Crippen molar-refractivity contribution in [2.75, 3.05) is 27.4 Å². The number of ether oxygens (including phenoxy) is 3. The molecule has 0 radical (unpaired) electrons. The van der Waals surface area contributed by atoms with E-state index in [0.29, 0.717) is 30.3 Å². The molecule has 0 bridgehead atoms. The molecule has 1 N–H and O–H groups in total. The van der Waals surface area contributed by atoms with Crippen LogP contribution >= 0.6 is 0 Å². The van der Waals surface area contributed by atoms with Crippen LogP contribution in [0.4, 0.5) is 4.79 Å². The van der Waals surface area contributed by atoms with Gasteiger partial charge in [-0.25, -0.2) is 4.79 Å². The Morgan fingerprint density at radius 2 is 1.84 bits per heavy atom. The molecule has 0 unspecified atom stereocenters. The second-order valence-electron chi connectivity index (χ2n) is 10.3. The van der Waals surface area contributed by atoms with Crippen LogP contribution in [-0.2, 0) is 23.8 Å². The van der Waals surface area contributed by atoms with Crippen LogP contribution in [0.3, 0.4) is 0 Å². The normalized spacial score (nSPS) is 25.5. The molecule has 37 heavy (non-hydrogen) atoms. The highest BCUT2D eigenvalue weighted by Gasteiger charge is 2.58. The summed E-state index contributed by atoms with van der Waals surface area (Å²) in [7, 11) is 2.79. The average molecular weight is 512 g/mol. The fourth-order valence-corrected chi connectivity index (χ4v) is 6.27. The van der Waals surface area contributed by atoms with Gasteiger partial charge in [-0.3, -0.25) is 9.59 Å². The second kappa shape index (κ2) is 11.2. The number of phenols is 1. The van der Waals surface area contributed by atoms with E-state index in [1.807, 2.05) is 26.0 Å². The number of carbonyl (C=O) groups excluding carboxylic acids is 3. The van der Waals surface area contributed by atoms with Crippen LogP contribution in [0.1, 0.15) is 55.7 Å². The van der Waals surface area contributed by atoms with Gasteiger partial charge in [0.1, 0.15) is 5.75 Å². The molecule has 3 aliphatic rings. The molecule has 2 aliphatic heterocycles. The van der Waals surface area contributed by atoms with Gasteiger partial charge < -0.3 is 19.3 Å². The monoisotopic (exact) mass is 511 g/mol. The number of aryl methyl sites for hydroxylation is 2. The van der Waals surface area contributed by atoms with E-state index in [1.54, 1.807) is 7.11 Å². The van der Waals surface area contributed by atoms with Gasteiger partial charge in [-0.15, -0.1) is 0 Å². The summed E-state index contributed by atoms with van der Waals surface area (Å²) in [5.74, 6) is -2.11. The predicted molar refractivity (Wildman–Crippen MR) is 138 cm³/mol. The molecular formula is C29H37NO7. The molecule has 0 spiro atoms. The van der Waals surface area contributed by atoms with Crippen molar-refractivity contribution in [3.05, 3.63) is 45.5 Å². The molecule has 4 rings (SSSR count). The number of hydrogen-bond donors (Lipinski definition) is 1. The maximum absolute atomic E-state index is 13.2. The maximum Gasteiger partial charge on any atom is 0.423 e. The van der Waals surface area contributed by atoms with E-state index in [1.165, 1.54) is 12.7 Å². The van der Waals surface area contributed by atoms with E-state index in [0.717, 1.165) is 53.5 Å². The third-order valence-electron chi connectivity index (χ3n) is 7.87. The molecule has 1 aromatic carbocycles. The third kappa shape index (κ3) is 5.09. The zero-order valence-corrected chi connectivity index (χ0v) is 22.3. The maximum atomic E-state index is 13.2. The molecule has 2 fully saturated rings. The van der Waals surface area contributed by atoms with E-state index in [-0.39, 0.29) is 12.0 Å². The molecule has 0 aromatic heterocycles. The lowest BCUT2D eigenvalue weighted by atomic mass is 9.69. The van der Waals surface area contributed by atoms with Crippen LogP contribution in [0.15, 0.2) is 28.9 Å². The molecule has 3 amide bonds. The number of imide groups is 3. The lowest BCUT2D eigenvalue weighted by Gasteiger charge is -2.31. The van der Waals surface area contributed by atoms with Gasteiger partial charge in [0.2, 0.25) is 11.8 Å². The van der Waals surface area contributed by atoms with E-state index in [2.05, 4.69) is 13.0 Å². The van der Waals surface area contributed by atoms with Crippen molar-refractivity contribution < 1.29 is 33.7 Å². The summed E-state index contributed by atoms with van der Waals surface area (Å²) >= 11 is 0. The van der Waals surface area contributed by atoms with Crippen molar-refractivity contribution in [3.63, 3.8) is 0 Å². The number of likely N-dealkylation sites (tertiary alicyclic amines) is 1. The van der Waals surface area contributed by atoms with Gasteiger partial charge in [-0.2, -0.15) is 4.90 Å². The van der Waals surface area contributed by atoms with E-state index in [9.17, 15) is 19.5 Å². The van der Waals surface area contributed by atoms with Crippen molar-refractivity contribution in [3.8, 4) is 5.75 Å².